The van der Waals surface area contributed by atoms with Crippen molar-refractivity contribution >= 4 is 17.5 Å². The summed E-state index contributed by atoms with van der Waals surface area (Å²) in [4.78, 5) is 26.5. The van der Waals surface area contributed by atoms with Crippen molar-refractivity contribution in [3.63, 3.8) is 0 Å². The molecule has 2 N–H and O–H groups in total. The van der Waals surface area contributed by atoms with Gasteiger partial charge in [0.2, 0.25) is 11.8 Å². The van der Waals surface area contributed by atoms with Crippen molar-refractivity contribution in [2.75, 3.05) is 18.4 Å². The Morgan fingerprint density at radius 2 is 2.26 bits per heavy atom. The molecule has 23 heavy (non-hydrogen) atoms. The molecule has 0 aliphatic carbocycles. The van der Waals surface area contributed by atoms with Crippen LogP contribution in [0, 0.1) is 11.7 Å². The van der Waals surface area contributed by atoms with E-state index in [1.165, 1.54) is 12.1 Å². The molecule has 0 radical (unpaired) electrons. The third-order valence-corrected chi connectivity index (χ3v) is 4.80. The lowest BCUT2D eigenvalue weighted by Gasteiger charge is -2.37. The van der Waals surface area contributed by atoms with Crippen LogP contribution in [0.3, 0.4) is 0 Å². The lowest BCUT2D eigenvalue weighted by atomic mass is 9.87. The Hall–Kier alpha value is -1.95. The van der Waals surface area contributed by atoms with Gasteiger partial charge in [0.1, 0.15) is 5.82 Å². The minimum Gasteiger partial charge on any atom is -0.393 e. The highest BCUT2D eigenvalue weighted by Crippen LogP contribution is 2.35. The molecule has 2 heterocycles. The molecule has 124 valence electrons. The fourth-order valence-electron chi connectivity index (χ4n) is 3.48. The Balaban J connectivity index is 1.84. The van der Waals surface area contributed by atoms with Crippen LogP contribution < -0.4 is 5.32 Å². The quantitative estimate of drug-likeness (QED) is 0.874. The number of amides is 2. The molecule has 3 atom stereocenters. The van der Waals surface area contributed by atoms with E-state index in [-0.39, 0.29) is 24.2 Å². The van der Waals surface area contributed by atoms with Crippen molar-refractivity contribution in [1.29, 1.82) is 0 Å². The van der Waals surface area contributed by atoms with Gasteiger partial charge in [0.25, 0.3) is 0 Å². The van der Waals surface area contributed by atoms with E-state index >= 15 is 0 Å². The summed E-state index contributed by atoms with van der Waals surface area (Å²) in [7, 11) is 0. The number of likely N-dealkylation sites (tertiary alicyclic amines) is 1. The number of piperidine rings is 1. The largest absolute Gasteiger partial charge is 0.393 e. The van der Waals surface area contributed by atoms with Gasteiger partial charge in [-0.3, -0.25) is 9.59 Å². The number of hydrogen-bond acceptors (Lipinski definition) is 3. The van der Waals surface area contributed by atoms with Gasteiger partial charge in [0.05, 0.1) is 12.0 Å². The summed E-state index contributed by atoms with van der Waals surface area (Å²) in [5, 5.41) is 12.4. The zero-order chi connectivity index (χ0) is 16.6. The average Bonchev–Trinajstić information content (AvgIpc) is 2.53. The molecule has 6 heteroatoms. The van der Waals surface area contributed by atoms with Crippen molar-refractivity contribution in [2.24, 2.45) is 5.92 Å². The van der Waals surface area contributed by atoms with Gasteiger partial charge in [0, 0.05) is 31.1 Å². The van der Waals surface area contributed by atoms with Crippen molar-refractivity contribution in [3.8, 4) is 0 Å². The SMILES string of the molecule is CC(O)C1CCCN(C(=O)C2CC(=O)Nc3cc(F)ccc32)C1. The molecule has 0 bridgehead atoms. The number of aliphatic hydroxyl groups is 1. The summed E-state index contributed by atoms with van der Waals surface area (Å²) in [6.07, 6.45) is 1.36. The minimum atomic E-state index is -0.577. The molecule has 1 aromatic carbocycles. The number of hydrogen-bond donors (Lipinski definition) is 2. The van der Waals surface area contributed by atoms with Gasteiger partial charge < -0.3 is 15.3 Å². The zero-order valence-corrected chi connectivity index (χ0v) is 13.1. The van der Waals surface area contributed by atoms with Gasteiger partial charge in [-0.25, -0.2) is 4.39 Å². The van der Waals surface area contributed by atoms with E-state index in [1.807, 2.05) is 0 Å². The lowest BCUT2D eigenvalue weighted by Crippen LogP contribution is -2.46. The first kappa shape index (κ1) is 15.9. The van der Waals surface area contributed by atoms with E-state index in [2.05, 4.69) is 5.32 Å². The third kappa shape index (κ3) is 3.22. The summed E-state index contributed by atoms with van der Waals surface area (Å²) < 4.78 is 13.4. The first-order valence-corrected chi connectivity index (χ1v) is 8.02. The van der Waals surface area contributed by atoms with Crippen molar-refractivity contribution in [3.05, 3.63) is 29.6 Å². The molecule has 0 aromatic heterocycles. The molecular weight excluding hydrogens is 299 g/mol. The van der Waals surface area contributed by atoms with Gasteiger partial charge >= 0.3 is 0 Å². The number of nitrogens with zero attached hydrogens (tertiary/aromatic N) is 1. The number of anilines is 1. The molecule has 1 saturated heterocycles. The molecule has 2 amide bonds. The predicted octanol–water partition coefficient (Wildman–Crippen LogP) is 1.87. The Morgan fingerprint density at radius 1 is 1.48 bits per heavy atom. The fraction of sp³-hybridized carbons (Fsp3) is 0.529. The Labute approximate surface area is 134 Å². The number of aliphatic hydroxyl groups excluding tert-OH is 1. The maximum Gasteiger partial charge on any atom is 0.230 e. The first-order chi connectivity index (χ1) is 11.0. The molecule has 3 unspecified atom stereocenters. The number of fused-ring (bicyclic) bond motifs is 1. The Bertz CT molecular complexity index is 632. The monoisotopic (exact) mass is 320 g/mol. The summed E-state index contributed by atoms with van der Waals surface area (Å²) >= 11 is 0. The number of nitrogens with one attached hydrogen (secondary N) is 1. The van der Waals surface area contributed by atoms with Crippen LogP contribution in [0.15, 0.2) is 18.2 Å². The van der Waals surface area contributed by atoms with E-state index in [9.17, 15) is 19.1 Å². The number of benzene rings is 1. The highest BCUT2D eigenvalue weighted by Gasteiger charge is 2.36. The topological polar surface area (TPSA) is 69.6 Å². The van der Waals surface area contributed by atoms with Crippen molar-refractivity contribution < 1.29 is 19.1 Å². The van der Waals surface area contributed by atoms with Crippen LogP contribution in [0.25, 0.3) is 0 Å². The summed E-state index contributed by atoms with van der Waals surface area (Å²) in [6, 6.07) is 4.13. The molecule has 2 aliphatic heterocycles. The van der Waals surface area contributed by atoms with Crippen molar-refractivity contribution in [2.45, 2.75) is 38.2 Å². The normalized spacial score (nSPS) is 25.5. The van der Waals surface area contributed by atoms with Crippen LogP contribution in [0.2, 0.25) is 0 Å². The van der Waals surface area contributed by atoms with Crippen LogP contribution in [-0.2, 0) is 9.59 Å². The van der Waals surface area contributed by atoms with Gasteiger partial charge in [0.15, 0.2) is 0 Å². The molecule has 5 nitrogen and oxygen atoms in total. The highest BCUT2D eigenvalue weighted by molar-refractivity contribution is 6.01. The van der Waals surface area contributed by atoms with Crippen LogP contribution in [0.1, 0.15) is 37.7 Å². The second-order valence-corrected chi connectivity index (χ2v) is 6.46. The lowest BCUT2D eigenvalue weighted by molar-refractivity contribution is -0.137. The van der Waals surface area contributed by atoms with Crippen LogP contribution in [0.5, 0.6) is 0 Å². The number of carbonyl (C=O) groups excluding carboxylic acids is 2. The van der Waals surface area contributed by atoms with E-state index in [1.54, 1.807) is 17.9 Å². The predicted molar refractivity (Wildman–Crippen MR) is 83.4 cm³/mol. The first-order valence-electron chi connectivity index (χ1n) is 8.02. The van der Waals surface area contributed by atoms with E-state index in [0.717, 1.165) is 12.8 Å². The van der Waals surface area contributed by atoms with E-state index < -0.39 is 17.8 Å². The standard InChI is InChI=1S/C17H21FN2O3/c1-10(21)11-3-2-6-20(9-11)17(23)14-8-16(22)19-15-7-12(18)4-5-13(14)15/h4-5,7,10-11,14,21H,2-3,6,8-9H2,1H3,(H,19,22). The number of rotatable bonds is 2. The fourth-order valence-corrected chi connectivity index (χ4v) is 3.48. The second kappa shape index (κ2) is 6.28. The summed E-state index contributed by atoms with van der Waals surface area (Å²) in [6.45, 7) is 2.88. The van der Waals surface area contributed by atoms with Crippen LogP contribution in [0.4, 0.5) is 10.1 Å². The van der Waals surface area contributed by atoms with Crippen LogP contribution >= 0.6 is 0 Å². The maximum atomic E-state index is 13.4. The summed E-state index contributed by atoms with van der Waals surface area (Å²) in [5.41, 5.74) is 1.04. The third-order valence-electron chi connectivity index (χ3n) is 4.80. The van der Waals surface area contributed by atoms with Crippen molar-refractivity contribution in [1.82, 2.24) is 4.90 Å². The maximum absolute atomic E-state index is 13.4. The highest BCUT2D eigenvalue weighted by atomic mass is 19.1. The molecule has 1 fully saturated rings. The van der Waals surface area contributed by atoms with Gasteiger partial charge in [-0.1, -0.05) is 6.07 Å². The van der Waals surface area contributed by atoms with E-state index in [0.29, 0.717) is 24.3 Å². The minimum absolute atomic E-state index is 0.0674. The zero-order valence-electron chi connectivity index (χ0n) is 13.1. The second-order valence-electron chi connectivity index (χ2n) is 6.46. The Morgan fingerprint density at radius 3 is 3.00 bits per heavy atom. The van der Waals surface area contributed by atoms with E-state index in [4.69, 9.17) is 0 Å². The smallest absolute Gasteiger partial charge is 0.230 e. The number of halogens is 1. The summed E-state index contributed by atoms with van der Waals surface area (Å²) in [5.74, 6) is -1.34. The average molecular weight is 320 g/mol. The molecule has 3 rings (SSSR count). The molecule has 0 spiro atoms. The molecule has 1 aromatic rings. The van der Waals surface area contributed by atoms with Gasteiger partial charge in [-0.05, 0) is 37.5 Å². The molecular formula is C17H21FN2O3. The molecule has 0 saturated carbocycles. The molecule has 2 aliphatic rings. The number of carbonyl (C=O) groups is 2. The Kier molecular flexibility index (Phi) is 4.35. The van der Waals surface area contributed by atoms with Crippen LogP contribution in [-0.4, -0.2) is 41.0 Å². The van der Waals surface area contributed by atoms with Gasteiger partial charge in [-0.2, -0.15) is 0 Å². The van der Waals surface area contributed by atoms with Gasteiger partial charge in [-0.15, -0.1) is 0 Å².